The lowest BCUT2D eigenvalue weighted by Gasteiger charge is -2.15. The zero-order valence-corrected chi connectivity index (χ0v) is 10.5. The van der Waals surface area contributed by atoms with Crippen LogP contribution in [0.5, 0.6) is 0 Å². The average molecular weight is 240 g/mol. The van der Waals surface area contributed by atoms with Gasteiger partial charge in [0.15, 0.2) is 0 Å². The molecule has 1 fully saturated rings. The first-order valence-electron chi connectivity index (χ1n) is 5.45. The van der Waals surface area contributed by atoms with Crippen molar-refractivity contribution in [2.24, 2.45) is 0 Å². The molecule has 0 spiro atoms. The molecule has 1 aromatic rings. The number of amides is 1. The average Bonchev–Trinajstić information content (AvgIpc) is 2.74. The van der Waals surface area contributed by atoms with Crippen molar-refractivity contribution >= 4 is 22.6 Å². The Morgan fingerprint density at radius 3 is 2.88 bits per heavy atom. The van der Waals surface area contributed by atoms with Gasteiger partial charge in [-0.05, 0) is 13.3 Å². The minimum Gasteiger partial charge on any atom is -0.304 e. The molecule has 1 N–H and O–H groups in total. The zero-order chi connectivity index (χ0) is 11.7. The van der Waals surface area contributed by atoms with Gasteiger partial charge in [-0.15, -0.1) is 0 Å². The Bertz CT molecular complexity index is 390. The van der Waals surface area contributed by atoms with Crippen LogP contribution in [0.2, 0.25) is 0 Å². The molecule has 1 aliphatic rings. The molecule has 0 radical (unpaired) electrons. The van der Waals surface area contributed by atoms with Gasteiger partial charge in [0.2, 0.25) is 11.0 Å². The maximum Gasteiger partial charge on any atom is 0.246 e. The molecule has 16 heavy (non-hydrogen) atoms. The molecule has 0 aliphatic carbocycles. The summed E-state index contributed by atoms with van der Waals surface area (Å²) in [5, 5.41) is 3.98. The van der Waals surface area contributed by atoms with Crippen LogP contribution in [0.3, 0.4) is 0 Å². The van der Waals surface area contributed by atoms with E-state index < -0.39 is 0 Å². The molecule has 1 unspecified atom stereocenters. The van der Waals surface area contributed by atoms with Gasteiger partial charge in [0.25, 0.3) is 0 Å². The summed E-state index contributed by atoms with van der Waals surface area (Å²) in [6.07, 6.45) is 0.843. The fourth-order valence-corrected chi connectivity index (χ4v) is 2.53. The summed E-state index contributed by atoms with van der Waals surface area (Å²) in [6.45, 7) is 6.67. The molecular weight excluding hydrogens is 224 g/mol. The number of nitrogens with zero attached hydrogens (tertiary/aromatic N) is 3. The number of aromatic nitrogens is 2. The summed E-state index contributed by atoms with van der Waals surface area (Å²) < 4.78 is 4.10. The second-order valence-electron chi connectivity index (χ2n) is 4.28. The van der Waals surface area contributed by atoms with Gasteiger partial charge in [-0.25, -0.2) is 4.98 Å². The Labute approximate surface area is 99.0 Å². The maximum absolute atomic E-state index is 12.1. The quantitative estimate of drug-likeness (QED) is 0.854. The molecule has 5 nitrogen and oxygen atoms in total. The van der Waals surface area contributed by atoms with Gasteiger partial charge >= 0.3 is 0 Å². The molecule has 1 atom stereocenters. The monoisotopic (exact) mass is 240 g/mol. The van der Waals surface area contributed by atoms with E-state index in [1.807, 2.05) is 20.8 Å². The fourth-order valence-electron chi connectivity index (χ4n) is 1.82. The highest BCUT2D eigenvalue weighted by atomic mass is 32.1. The zero-order valence-electron chi connectivity index (χ0n) is 9.73. The largest absolute Gasteiger partial charge is 0.304 e. The summed E-state index contributed by atoms with van der Waals surface area (Å²) >= 11 is 1.29. The standard InChI is InChI=1S/C10H16N4OS/c1-6(2)11-8-4-5-14(9(8)15)10-12-7(3)13-16-10/h6,8,11H,4-5H2,1-3H3. The van der Waals surface area contributed by atoms with Gasteiger partial charge in [-0.2, -0.15) is 4.37 Å². The summed E-state index contributed by atoms with van der Waals surface area (Å²) in [7, 11) is 0. The van der Waals surface area contributed by atoms with Gasteiger partial charge in [-0.3, -0.25) is 9.69 Å². The van der Waals surface area contributed by atoms with Crippen LogP contribution in [0.4, 0.5) is 5.13 Å². The predicted octanol–water partition coefficient (Wildman–Crippen LogP) is 0.950. The van der Waals surface area contributed by atoms with Crippen molar-refractivity contribution < 1.29 is 4.79 Å². The first-order valence-corrected chi connectivity index (χ1v) is 6.23. The van der Waals surface area contributed by atoms with Crippen LogP contribution in [0.15, 0.2) is 0 Å². The minimum absolute atomic E-state index is 0.0655. The topological polar surface area (TPSA) is 58.1 Å². The highest BCUT2D eigenvalue weighted by Crippen LogP contribution is 2.23. The van der Waals surface area contributed by atoms with Gasteiger partial charge in [0.05, 0.1) is 6.04 Å². The lowest BCUT2D eigenvalue weighted by molar-refractivity contribution is -0.118. The molecular formula is C10H16N4OS. The van der Waals surface area contributed by atoms with Crippen LogP contribution >= 0.6 is 11.5 Å². The summed E-state index contributed by atoms with van der Waals surface area (Å²) in [5.41, 5.74) is 0. The normalized spacial score (nSPS) is 21.1. The van der Waals surface area contributed by atoms with Crippen molar-refractivity contribution in [3.8, 4) is 0 Å². The Balaban J connectivity index is 2.07. The summed E-state index contributed by atoms with van der Waals surface area (Å²) in [6, 6.07) is 0.259. The molecule has 0 saturated carbocycles. The molecule has 1 amide bonds. The fraction of sp³-hybridized carbons (Fsp3) is 0.700. The van der Waals surface area contributed by atoms with Crippen molar-refractivity contribution in [3.05, 3.63) is 5.82 Å². The summed E-state index contributed by atoms with van der Waals surface area (Å²) in [4.78, 5) is 18.0. The highest BCUT2D eigenvalue weighted by molar-refractivity contribution is 7.09. The minimum atomic E-state index is -0.0655. The van der Waals surface area contributed by atoms with E-state index in [0.717, 1.165) is 23.9 Å². The van der Waals surface area contributed by atoms with E-state index in [1.54, 1.807) is 4.90 Å². The molecule has 2 rings (SSSR count). The number of rotatable bonds is 3. The van der Waals surface area contributed by atoms with Crippen LogP contribution in [-0.2, 0) is 4.79 Å². The molecule has 2 heterocycles. The molecule has 0 bridgehead atoms. The Morgan fingerprint density at radius 2 is 2.31 bits per heavy atom. The van der Waals surface area contributed by atoms with E-state index in [9.17, 15) is 4.79 Å². The van der Waals surface area contributed by atoms with E-state index in [-0.39, 0.29) is 11.9 Å². The van der Waals surface area contributed by atoms with Crippen molar-refractivity contribution in [2.45, 2.75) is 39.3 Å². The second-order valence-corrected chi connectivity index (χ2v) is 5.01. The smallest absolute Gasteiger partial charge is 0.246 e. The molecule has 1 aromatic heterocycles. The molecule has 6 heteroatoms. The van der Waals surface area contributed by atoms with Crippen LogP contribution in [0.1, 0.15) is 26.1 Å². The van der Waals surface area contributed by atoms with Crippen molar-refractivity contribution in [3.63, 3.8) is 0 Å². The van der Waals surface area contributed by atoms with E-state index >= 15 is 0 Å². The highest BCUT2D eigenvalue weighted by Gasteiger charge is 2.34. The van der Waals surface area contributed by atoms with Crippen molar-refractivity contribution in [1.29, 1.82) is 0 Å². The lowest BCUT2D eigenvalue weighted by atomic mass is 10.2. The number of carbonyl (C=O) groups excluding carboxylic acids is 1. The van der Waals surface area contributed by atoms with Gasteiger partial charge in [0, 0.05) is 24.1 Å². The number of hydrogen-bond donors (Lipinski definition) is 1. The molecule has 0 aromatic carbocycles. The second kappa shape index (κ2) is 4.47. The van der Waals surface area contributed by atoms with Gasteiger partial charge in [-0.1, -0.05) is 13.8 Å². The molecule has 1 saturated heterocycles. The van der Waals surface area contributed by atoms with Crippen molar-refractivity contribution in [1.82, 2.24) is 14.7 Å². The predicted molar refractivity (Wildman–Crippen MR) is 63.7 cm³/mol. The SMILES string of the molecule is Cc1nsc(N2CCC(NC(C)C)C2=O)n1. The summed E-state index contributed by atoms with van der Waals surface area (Å²) in [5.74, 6) is 0.845. The first-order chi connectivity index (χ1) is 7.58. The van der Waals surface area contributed by atoms with E-state index in [4.69, 9.17) is 0 Å². The number of nitrogens with one attached hydrogen (secondary N) is 1. The third kappa shape index (κ3) is 2.22. The lowest BCUT2D eigenvalue weighted by Crippen LogP contribution is -2.41. The Hall–Kier alpha value is -1.01. The van der Waals surface area contributed by atoms with E-state index in [0.29, 0.717) is 6.04 Å². The maximum atomic E-state index is 12.1. The first kappa shape index (κ1) is 11.5. The van der Waals surface area contributed by atoms with Crippen LogP contribution < -0.4 is 10.2 Å². The van der Waals surface area contributed by atoms with E-state index in [2.05, 4.69) is 14.7 Å². The number of anilines is 1. The number of carbonyl (C=O) groups is 1. The number of aryl methyl sites for hydroxylation is 1. The third-order valence-corrected chi connectivity index (χ3v) is 3.32. The third-order valence-electron chi connectivity index (χ3n) is 2.49. The van der Waals surface area contributed by atoms with E-state index in [1.165, 1.54) is 11.5 Å². The number of hydrogen-bond acceptors (Lipinski definition) is 5. The van der Waals surface area contributed by atoms with Gasteiger partial charge in [0.1, 0.15) is 5.82 Å². The Morgan fingerprint density at radius 1 is 1.56 bits per heavy atom. The van der Waals surface area contributed by atoms with Crippen LogP contribution in [0, 0.1) is 6.92 Å². The molecule has 88 valence electrons. The van der Waals surface area contributed by atoms with Crippen LogP contribution in [-0.4, -0.2) is 33.9 Å². The van der Waals surface area contributed by atoms with Crippen molar-refractivity contribution in [2.75, 3.05) is 11.4 Å². The van der Waals surface area contributed by atoms with Gasteiger partial charge < -0.3 is 5.32 Å². The molecule has 1 aliphatic heterocycles. The Kier molecular flexibility index (Phi) is 3.20. The van der Waals surface area contributed by atoms with Crippen LogP contribution in [0.25, 0.3) is 0 Å².